The van der Waals surface area contributed by atoms with E-state index in [1.165, 1.54) is 11.9 Å². The summed E-state index contributed by atoms with van der Waals surface area (Å²) in [5.41, 5.74) is 2.14. The van der Waals surface area contributed by atoms with Crippen LogP contribution in [0.3, 0.4) is 0 Å². The smallest absolute Gasteiger partial charge is 0.216 e. The predicted molar refractivity (Wildman–Crippen MR) is 64.4 cm³/mol. The third-order valence-corrected chi connectivity index (χ3v) is 2.57. The normalized spacial score (nSPS) is 12.2. The highest BCUT2D eigenvalue weighted by Gasteiger charge is 2.12. The lowest BCUT2D eigenvalue weighted by Gasteiger charge is -2.16. The molecule has 1 atom stereocenters. The molecule has 0 aliphatic heterocycles. The van der Waals surface area contributed by atoms with Crippen molar-refractivity contribution in [2.45, 2.75) is 25.8 Å². The third-order valence-electron chi connectivity index (χ3n) is 2.57. The van der Waals surface area contributed by atoms with Gasteiger partial charge >= 0.3 is 0 Å². The second-order valence-corrected chi connectivity index (χ2v) is 3.63. The van der Waals surface area contributed by atoms with Gasteiger partial charge in [-0.05, 0) is 19.9 Å². The standard InChI is InChI=1S/C12H19N3O/c1-5-9(2)6-10(13-3)11-7-12(16-4)15-8-14-11/h7-8,10,13H,2,5-6H2,1,3-4H3. The Bertz CT molecular complexity index is 352. The molecule has 1 aromatic rings. The highest BCUT2D eigenvalue weighted by Crippen LogP contribution is 2.21. The molecule has 4 heteroatoms. The van der Waals surface area contributed by atoms with Gasteiger partial charge in [0.05, 0.1) is 18.8 Å². The molecule has 1 aromatic heterocycles. The summed E-state index contributed by atoms with van der Waals surface area (Å²) < 4.78 is 5.08. The molecule has 0 radical (unpaired) electrons. The van der Waals surface area contributed by atoms with Gasteiger partial charge in [-0.2, -0.15) is 0 Å². The van der Waals surface area contributed by atoms with E-state index in [1.807, 2.05) is 13.1 Å². The summed E-state index contributed by atoms with van der Waals surface area (Å²) in [6.07, 6.45) is 3.39. The maximum absolute atomic E-state index is 5.08. The first kappa shape index (κ1) is 12.6. The Balaban J connectivity index is 2.81. The zero-order chi connectivity index (χ0) is 12.0. The van der Waals surface area contributed by atoms with Gasteiger partial charge in [0.1, 0.15) is 6.33 Å². The molecule has 0 saturated heterocycles. The first-order chi connectivity index (χ1) is 7.71. The van der Waals surface area contributed by atoms with E-state index in [2.05, 4.69) is 28.8 Å². The fourth-order valence-electron chi connectivity index (χ4n) is 1.44. The molecule has 4 nitrogen and oxygen atoms in total. The van der Waals surface area contributed by atoms with Crippen molar-refractivity contribution in [2.75, 3.05) is 14.2 Å². The van der Waals surface area contributed by atoms with Crippen molar-refractivity contribution in [1.82, 2.24) is 15.3 Å². The van der Waals surface area contributed by atoms with Crippen LogP contribution >= 0.6 is 0 Å². The Hall–Kier alpha value is -1.42. The number of hydrogen-bond donors (Lipinski definition) is 1. The van der Waals surface area contributed by atoms with Crippen molar-refractivity contribution in [3.05, 3.63) is 30.2 Å². The second kappa shape index (κ2) is 6.23. The van der Waals surface area contributed by atoms with E-state index in [0.717, 1.165) is 18.5 Å². The fourth-order valence-corrected chi connectivity index (χ4v) is 1.44. The van der Waals surface area contributed by atoms with E-state index in [1.54, 1.807) is 7.11 Å². The minimum absolute atomic E-state index is 0.171. The highest BCUT2D eigenvalue weighted by molar-refractivity contribution is 5.18. The van der Waals surface area contributed by atoms with E-state index in [0.29, 0.717) is 5.88 Å². The summed E-state index contributed by atoms with van der Waals surface area (Å²) in [5, 5.41) is 3.23. The number of ether oxygens (including phenoxy) is 1. The van der Waals surface area contributed by atoms with Crippen LogP contribution in [0.4, 0.5) is 0 Å². The molecule has 1 N–H and O–H groups in total. The minimum atomic E-state index is 0.171. The van der Waals surface area contributed by atoms with Crippen LogP contribution in [-0.4, -0.2) is 24.1 Å². The van der Waals surface area contributed by atoms with Crippen molar-refractivity contribution in [1.29, 1.82) is 0 Å². The van der Waals surface area contributed by atoms with Crippen LogP contribution in [0, 0.1) is 0 Å². The summed E-state index contributed by atoms with van der Waals surface area (Å²) in [6.45, 7) is 6.12. The predicted octanol–water partition coefficient (Wildman–Crippen LogP) is 2.10. The summed E-state index contributed by atoms with van der Waals surface area (Å²) in [6, 6.07) is 2.02. The molecule has 0 fully saturated rings. The molecule has 88 valence electrons. The first-order valence-corrected chi connectivity index (χ1v) is 5.41. The number of hydrogen-bond acceptors (Lipinski definition) is 4. The Morgan fingerprint density at radius 3 is 2.88 bits per heavy atom. The maximum atomic E-state index is 5.08. The van der Waals surface area contributed by atoms with Gasteiger partial charge in [-0.3, -0.25) is 0 Å². The van der Waals surface area contributed by atoms with E-state index in [4.69, 9.17) is 4.74 Å². The molecule has 1 unspecified atom stereocenters. The first-order valence-electron chi connectivity index (χ1n) is 5.41. The Kier molecular flexibility index (Phi) is 4.92. The summed E-state index contributed by atoms with van der Waals surface area (Å²) >= 11 is 0. The average Bonchev–Trinajstić information content (AvgIpc) is 2.35. The molecule has 1 heterocycles. The van der Waals surface area contributed by atoms with Crippen molar-refractivity contribution in [3.63, 3.8) is 0 Å². The topological polar surface area (TPSA) is 47.0 Å². The molecule has 0 aliphatic carbocycles. The monoisotopic (exact) mass is 221 g/mol. The maximum Gasteiger partial charge on any atom is 0.216 e. The van der Waals surface area contributed by atoms with Gasteiger partial charge in [-0.25, -0.2) is 9.97 Å². The molecule has 0 bridgehead atoms. The van der Waals surface area contributed by atoms with Crippen LogP contribution in [0.15, 0.2) is 24.5 Å². The van der Waals surface area contributed by atoms with Crippen LogP contribution in [0.2, 0.25) is 0 Å². The number of nitrogens with one attached hydrogen (secondary N) is 1. The molecular weight excluding hydrogens is 202 g/mol. The van der Waals surface area contributed by atoms with Gasteiger partial charge in [0.25, 0.3) is 0 Å². The summed E-state index contributed by atoms with van der Waals surface area (Å²) in [5.74, 6) is 0.590. The van der Waals surface area contributed by atoms with E-state index >= 15 is 0 Å². The number of aromatic nitrogens is 2. The zero-order valence-electron chi connectivity index (χ0n) is 10.2. The van der Waals surface area contributed by atoms with Crippen molar-refractivity contribution in [3.8, 4) is 5.88 Å². The fraction of sp³-hybridized carbons (Fsp3) is 0.500. The van der Waals surface area contributed by atoms with Gasteiger partial charge < -0.3 is 10.1 Å². The average molecular weight is 221 g/mol. The molecular formula is C12H19N3O. The van der Waals surface area contributed by atoms with Crippen molar-refractivity contribution in [2.24, 2.45) is 0 Å². The lowest BCUT2D eigenvalue weighted by molar-refractivity contribution is 0.394. The van der Waals surface area contributed by atoms with E-state index in [-0.39, 0.29) is 6.04 Å². The molecule has 0 aromatic carbocycles. The SMILES string of the molecule is C=C(CC)CC(NC)c1cc(OC)ncn1. The molecule has 0 amide bonds. The van der Waals surface area contributed by atoms with Crippen LogP contribution in [0.1, 0.15) is 31.5 Å². The molecule has 0 saturated carbocycles. The van der Waals surface area contributed by atoms with Gasteiger partial charge in [0.15, 0.2) is 0 Å². The van der Waals surface area contributed by atoms with Crippen LogP contribution in [-0.2, 0) is 0 Å². The van der Waals surface area contributed by atoms with E-state index in [9.17, 15) is 0 Å². The minimum Gasteiger partial charge on any atom is -0.481 e. The third kappa shape index (κ3) is 3.31. The van der Waals surface area contributed by atoms with E-state index < -0.39 is 0 Å². The van der Waals surface area contributed by atoms with Gasteiger partial charge in [-0.1, -0.05) is 19.1 Å². The summed E-state index contributed by atoms with van der Waals surface area (Å²) in [4.78, 5) is 8.24. The molecule has 0 spiro atoms. The molecule has 16 heavy (non-hydrogen) atoms. The van der Waals surface area contributed by atoms with Crippen LogP contribution in [0.5, 0.6) is 5.88 Å². The Morgan fingerprint density at radius 2 is 2.31 bits per heavy atom. The van der Waals surface area contributed by atoms with Crippen LogP contribution < -0.4 is 10.1 Å². The number of methoxy groups -OCH3 is 1. The Labute approximate surface area is 96.8 Å². The van der Waals surface area contributed by atoms with Crippen molar-refractivity contribution >= 4 is 0 Å². The highest BCUT2D eigenvalue weighted by atomic mass is 16.5. The number of rotatable bonds is 6. The van der Waals surface area contributed by atoms with Crippen LogP contribution in [0.25, 0.3) is 0 Å². The lowest BCUT2D eigenvalue weighted by atomic mass is 10.0. The summed E-state index contributed by atoms with van der Waals surface area (Å²) in [7, 11) is 3.52. The van der Waals surface area contributed by atoms with Crippen molar-refractivity contribution < 1.29 is 4.74 Å². The zero-order valence-corrected chi connectivity index (χ0v) is 10.2. The second-order valence-electron chi connectivity index (χ2n) is 3.63. The molecule has 1 rings (SSSR count). The molecule has 0 aliphatic rings. The largest absolute Gasteiger partial charge is 0.481 e. The van der Waals surface area contributed by atoms with Gasteiger partial charge in [0, 0.05) is 6.07 Å². The Morgan fingerprint density at radius 1 is 1.56 bits per heavy atom. The van der Waals surface area contributed by atoms with Gasteiger partial charge in [0.2, 0.25) is 5.88 Å². The lowest BCUT2D eigenvalue weighted by Crippen LogP contribution is -2.18. The van der Waals surface area contributed by atoms with Gasteiger partial charge in [-0.15, -0.1) is 0 Å². The quantitative estimate of drug-likeness (QED) is 0.747. The number of nitrogens with zero attached hydrogens (tertiary/aromatic N) is 2.